The lowest BCUT2D eigenvalue weighted by Crippen LogP contribution is -2.00. The van der Waals surface area contributed by atoms with Gasteiger partial charge in [0.1, 0.15) is 5.75 Å². The average molecular weight is 480 g/mol. The predicted octanol–water partition coefficient (Wildman–Crippen LogP) is 7.02. The fourth-order valence-electron chi connectivity index (χ4n) is 2.91. The minimum Gasteiger partial charge on any atom is -0.513 e. The standard InChI is InChI=1S/C19H24O3.C10H13N.CH4O/c1-4-16(5-2)8-6-7-13-22-18-11-9-17(10-12-18)19(21)14-15(3)20;1-3-10(11)9-6-4-5-8(2)7-9;1-2/h4-6,8-12,19-21H,1,3,7,13-14H2,2H3;4-7,11H,3H2,1-2H3;2H,1H3/b8-6-,16-5-;;. The molecule has 1 unspecified atom stereocenters. The molecule has 0 amide bonds. The van der Waals surface area contributed by atoms with E-state index in [1.54, 1.807) is 12.1 Å². The molecule has 2 rings (SSSR count). The SMILES string of the molecule is C=CC(/C=C\CCOc1ccc(C(O)CC(=C)O)cc1)=C/C.CCC(=N)c1cccc(C)c1.CO. The lowest BCUT2D eigenvalue weighted by Gasteiger charge is -2.11. The zero-order chi connectivity index (χ0) is 26.6. The van der Waals surface area contributed by atoms with Gasteiger partial charge in [-0.2, -0.15) is 0 Å². The summed E-state index contributed by atoms with van der Waals surface area (Å²) in [6.45, 7) is 13.7. The summed E-state index contributed by atoms with van der Waals surface area (Å²) in [5, 5.41) is 33.5. The molecule has 0 radical (unpaired) electrons. The van der Waals surface area contributed by atoms with Gasteiger partial charge in [-0.1, -0.05) is 86.3 Å². The summed E-state index contributed by atoms with van der Waals surface area (Å²) in [5.74, 6) is 0.724. The van der Waals surface area contributed by atoms with Crippen LogP contribution in [0.4, 0.5) is 0 Å². The first kappa shape index (κ1) is 31.6. The summed E-state index contributed by atoms with van der Waals surface area (Å²) in [4.78, 5) is 0. The van der Waals surface area contributed by atoms with E-state index in [4.69, 9.17) is 20.4 Å². The van der Waals surface area contributed by atoms with Crippen LogP contribution in [0.15, 0.2) is 97.3 Å². The number of rotatable bonds is 11. The Morgan fingerprint density at radius 3 is 2.31 bits per heavy atom. The molecule has 0 bridgehead atoms. The van der Waals surface area contributed by atoms with E-state index in [-0.39, 0.29) is 12.2 Å². The van der Waals surface area contributed by atoms with Gasteiger partial charge in [-0.3, -0.25) is 0 Å². The molecule has 1 atom stereocenters. The van der Waals surface area contributed by atoms with Crippen LogP contribution in [0.2, 0.25) is 0 Å². The molecule has 0 aliphatic rings. The Hall–Kier alpha value is -3.41. The van der Waals surface area contributed by atoms with Crippen LogP contribution >= 0.6 is 0 Å². The number of aryl methyl sites for hydroxylation is 1. The van der Waals surface area contributed by atoms with Crippen LogP contribution in [0.1, 0.15) is 55.9 Å². The summed E-state index contributed by atoms with van der Waals surface area (Å²) in [5.41, 5.74) is 4.80. The molecule has 0 aromatic heterocycles. The number of allylic oxidation sites excluding steroid dienone is 4. The highest BCUT2D eigenvalue weighted by Gasteiger charge is 2.08. The number of nitrogens with one attached hydrogen (secondary N) is 1. The molecule has 190 valence electrons. The molecule has 5 heteroatoms. The minimum atomic E-state index is -0.743. The van der Waals surface area contributed by atoms with E-state index in [0.29, 0.717) is 12.3 Å². The number of aliphatic hydroxyl groups is 3. The highest BCUT2D eigenvalue weighted by atomic mass is 16.5. The van der Waals surface area contributed by atoms with Gasteiger partial charge in [0.15, 0.2) is 0 Å². The van der Waals surface area contributed by atoms with Crippen molar-refractivity contribution in [3.05, 3.63) is 114 Å². The van der Waals surface area contributed by atoms with Crippen LogP contribution < -0.4 is 4.74 Å². The Bertz CT molecular complexity index is 959. The summed E-state index contributed by atoms with van der Waals surface area (Å²) in [6.07, 6.45) is 8.87. The monoisotopic (exact) mass is 479 g/mol. The average Bonchev–Trinajstić information content (AvgIpc) is 2.87. The topological polar surface area (TPSA) is 93.8 Å². The third kappa shape index (κ3) is 13.8. The fraction of sp³-hybridized carbons (Fsp3) is 0.300. The van der Waals surface area contributed by atoms with Crippen LogP contribution in [0.3, 0.4) is 0 Å². The summed E-state index contributed by atoms with van der Waals surface area (Å²) >= 11 is 0. The van der Waals surface area contributed by atoms with Crippen molar-refractivity contribution in [3.63, 3.8) is 0 Å². The predicted molar refractivity (Wildman–Crippen MR) is 147 cm³/mol. The quantitative estimate of drug-likeness (QED) is 0.121. The van der Waals surface area contributed by atoms with Crippen molar-refractivity contribution in [1.82, 2.24) is 0 Å². The number of hydrogen-bond acceptors (Lipinski definition) is 5. The van der Waals surface area contributed by atoms with Crippen LogP contribution in [0.5, 0.6) is 5.75 Å². The smallest absolute Gasteiger partial charge is 0.119 e. The van der Waals surface area contributed by atoms with E-state index in [1.165, 1.54) is 5.56 Å². The Labute approximate surface area is 210 Å². The maximum atomic E-state index is 9.84. The third-order valence-electron chi connectivity index (χ3n) is 4.85. The minimum absolute atomic E-state index is 0.0281. The van der Waals surface area contributed by atoms with Gasteiger partial charge in [0.25, 0.3) is 0 Å². The maximum Gasteiger partial charge on any atom is 0.119 e. The molecule has 2 aromatic carbocycles. The van der Waals surface area contributed by atoms with Crippen molar-refractivity contribution in [2.75, 3.05) is 13.7 Å². The molecule has 0 saturated carbocycles. The van der Waals surface area contributed by atoms with E-state index in [2.05, 4.69) is 13.2 Å². The van der Waals surface area contributed by atoms with Crippen LogP contribution in [-0.4, -0.2) is 34.7 Å². The van der Waals surface area contributed by atoms with Gasteiger partial charge in [0.05, 0.1) is 18.5 Å². The van der Waals surface area contributed by atoms with Gasteiger partial charge < -0.3 is 25.5 Å². The van der Waals surface area contributed by atoms with Gasteiger partial charge in [-0.15, -0.1) is 0 Å². The number of benzene rings is 2. The molecule has 4 N–H and O–H groups in total. The van der Waals surface area contributed by atoms with E-state index >= 15 is 0 Å². The number of ether oxygens (including phenoxy) is 1. The Balaban J connectivity index is 0.000000742. The van der Waals surface area contributed by atoms with Crippen LogP contribution in [0.25, 0.3) is 0 Å². The highest BCUT2D eigenvalue weighted by molar-refractivity contribution is 5.98. The zero-order valence-electron chi connectivity index (χ0n) is 21.5. The molecule has 0 saturated heterocycles. The van der Waals surface area contributed by atoms with Crippen molar-refractivity contribution in [3.8, 4) is 5.75 Å². The van der Waals surface area contributed by atoms with E-state index < -0.39 is 6.10 Å². The Morgan fingerprint density at radius 2 is 1.80 bits per heavy atom. The van der Waals surface area contributed by atoms with Crippen molar-refractivity contribution in [1.29, 1.82) is 5.41 Å². The molecule has 0 spiro atoms. The first-order chi connectivity index (χ1) is 16.8. The van der Waals surface area contributed by atoms with Gasteiger partial charge in [-0.05, 0) is 55.5 Å². The van der Waals surface area contributed by atoms with Crippen LogP contribution in [-0.2, 0) is 0 Å². The molecule has 0 aliphatic heterocycles. The lowest BCUT2D eigenvalue weighted by molar-refractivity contribution is 0.161. The van der Waals surface area contributed by atoms with Crippen molar-refractivity contribution >= 4 is 5.71 Å². The largest absolute Gasteiger partial charge is 0.513 e. The molecule has 0 heterocycles. The summed E-state index contributed by atoms with van der Waals surface area (Å²) < 4.78 is 5.63. The van der Waals surface area contributed by atoms with E-state index in [9.17, 15) is 5.11 Å². The Morgan fingerprint density at radius 1 is 1.14 bits per heavy atom. The normalized spacial score (nSPS) is 11.4. The molecule has 5 nitrogen and oxygen atoms in total. The van der Waals surface area contributed by atoms with E-state index in [0.717, 1.165) is 42.4 Å². The molecular formula is C30H41NO4. The van der Waals surface area contributed by atoms with Crippen LogP contribution in [0, 0.1) is 12.3 Å². The summed E-state index contributed by atoms with van der Waals surface area (Å²) in [7, 11) is 1.00. The Kier molecular flexibility index (Phi) is 17.1. The van der Waals surface area contributed by atoms with Crippen molar-refractivity contribution < 1.29 is 20.1 Å². The molecular weight excluding hydrogens is 438 g/mol. The maximum absolute atomic E-state index is 9.84. The van der Waals surface area contributed by atoms with Gasteiger partial charge in [0.2, 0.25) is 0 Å². The van der Waals surface area contributed by atoms with E-state index in [1.807, 2.05) is 81.5 Å². The molecule has 0 fully saturated rings. The van der Waals surface area contributed by atoms with Gasteiger partial charge in [-0.25, -0.2) is 0 Å². The first-order valence-corrected chi connectivity index (χ1v) is 11.6. The lowest BCUT2D eigenvalue weighted by atomic mass is 10.1. The molecule has 35 heavy (non-hydrogen) atoms. The second-order valence-electron chi connectivity index (χ2n) is 7.59. The number of hydrogen-bond donors (Lipinski definition) is 4. The fourth-order valence-corrected chi connectivity index (χ4v) is 2.91. The highest BCUT2D eigenvalue weighted by Crippen LogP contribution is 2.22. The van der Waals surface area contributed by atoms with Crippen molar-refractivity contribution in [2.24, 2.45) is 0 Å². The number of aliphatic hydroxyl groups excluding tert-OH is 3. The second-order valence-corrected chi connectivity index (χ2v) is 7.59. The molecule has 0 aliphatic carbocycles. The third-order valence-corrected chi connectivity index (χ3v) is 4.85. The van der Waals surface area contributed by atoms with Gasteiger partial charge >= 0.3 is 0 Å². The zero-order valence-corrected chi connectivity index (χ0v) is 21.5. The molecule has 2 aromatic rings. The van der Waals surface area contributed by atoms with Gasteiger partial charge in [0, 0.05) is 19.2 Å². The van der Waals surface area contributed by atoms with Crippen molar-refractivity contribution in [2.45, 2.75) is 46.1 Å². The second kappa shape index (κ2) is 19.0. The summed E-state index contributed by atoms with van der Waals surface area (Å²) in [6, 6.07) is 15.3. The first-order valence-electron chi connectivity index (χ1n) is 11.6.